The van der Waals surface area contributed by atoms with Crippen molar-refractivity contribution in [2.24, 2.45) is 23.7 Å². The Morgan fingerprint density at radius 2 is 0.980 bits per heavy atom. The van der Waals surface area contributed by atoms with Gasteiger partial charge >= 0.3 is 46.1 Å². The van der Waals surface area contributed by atoms with Gasteiger partial charge in [-0.3, -0.25) is 13.6 Å². The zero-order chi connectivity index (χ0) is 33.1. The Morgan fingerprint density at radius 3 is 1.34 bits per heavy atom. The molecule has 0 N–H and O–H groups in total. The maximum absolute atomic E-state index is 13.2. The second-order valence-electron chi connectivity index (χ2n) is 12.6. The Balaban J connectivity index is -0.000000623. The summed E-state index contributed by atoms with van der Waals surface area (Å²) in [6, 6.07) is 12.3. The summed E-state index contributed by atoms with van der Waals surface area (Å²) >= 11 is 2.93. The van der Waals surface area contributed by atoms with Crippen LogP contribution in [-0.2, 0) is 4.79 Å². The zero-order valence-electron chi connectivity index (χ0n) is 29.6. The van der Waals surface area contributed by atoms with Crippen LogP contribution < -0.4 is 17.0 Å². The van der Waals surface area contributed by atoms with Gasteiger partial charge < -0.3 is 19.8 Å². The van der Waals surface area contributed by atoms with Crippen LogP contribution in [0.2, 0.25) is 0 Å². The Kier molecular flexibility index (Phi) is 24.8. The first-order valence-corrected chi connectivity index (χ1v) is 17.0. The van der Waals surface area contributed by atoms with Crippen molar-refractivity contribution in [2.45, 2.75) is 90.9 Å². The van der Waals surface area contributed by atoms with Gasteiger partial charge in [-0.25, -0.2) is 17.6 Å². The fraction of sp³-hybridized carbons (Fsp3) is 0.462. The minimum absolute atomic E-state index is 0. The molecule has 0 aliphatic heterocycles. The maximum atomic E-state index is 13.2. The van der Waals surface area contributed by atoms with Gasteiger partial charge in [0.15, 0.2) is 0 Å². The van der Waals surface area contributed by atoms with Crippen molar-refractivity contribution in [3.8, 4) is 0 Å². The number of Topliss-reactive ketones (excluding diaryl/α,β-unsaturated/α-hetero) is 1. The molecule has 0 amide bonds. The topological polar surface area (TPSA) is 17.1 Å². The van der Waals surface area contributed by atoms with Gasteiger partial charge in [-0.15, -0.1) is 18.2 Å². The van der Waals surface area contributed by atoms with E-state index in [1.807, 2.05) is 0 Å². The van der Waals surface area contributed by atoms with E-state index in [2.05, 4.69) is 28.1 Å². The summed E-state index contributed by atoms with van der Waals surface area (Å²) in [5, 5.41) is 0. The van der Waals surface area contributed by atoms with Gasteiger partial charge in [0.05, 0.1) is 0 Å². The molecule has 1 atom stereocenters. The van der Waals surface area contributed by atoms with Crippen molar-refractivity contribution in [3.05, 3.63) is 112 Å². The molecule has 3 fully saturated rings. The number of allylic oxidation sites excluding steroid dienone is 2. The number of carbonyl (C=O) groups excluding carboxylic acids is 1. The van der Waals surface area contributed by atoms with E-state index in [9.17, 15) is 31.1 Å². The molecule has 0 aromatic heterocycles. The molecular formula is C39H46Br2F6Mg2O. The smallest absolute Gasteiger partial charge is 1.00 e. The van der Waals surface area contributed by atoms with E-state index in [-0.39, 0.29) is 73.4 Å². The van der Waals surface area contributed by atoms with E-state index in [1.165, 1.54) is 82.1 Å². The molecule has 50 heavy (non-hydrogen) atoms. The van der Waals surface area contributed by atoms with Crippen LogP contribution in [0.5, 0.6) is 0 Å². The maximum Gasteiger partial charge on any atom is 2.00 e. The van der Waals surface area contributed by atoms with E-state index < -0.39 is 34.9 Å². The van der Waals surface area contributed by atoms with E-state index >= 15 is 0 Å². The van der Waals surface area contributed by atoms with Crippen molar-refractivity contribution < 1.29 is 51.0 Å². The summed E-state index contributed by atoms with van der Waals surface area (Å²) in [4.78, 5) is 10.9. The molecule has 0 spiro atoms. The van der Waals surface area contributed by atoms with Crippen molar-refractivity contribution in [1.82, 2.24) is 0 Å². The van der Waals surface area contributed by atoms with Crippen LogP contribution in [-0.4, -0.2) is 51.9 Å². The number of hydrogen-bond donors (Lipinski definition) is 0. The number of hydrogen-bond acceptors (Lipinski definition) is 1. The third-order valence-corrected chi connectivity index (χ3v) is 9.91. The molecule has 268 valence electrons. The zero-order valence-corrected chi connectivity index (χ0v) is 33.6. The van der Waals surface area contributed by atoms with Crippen LogP contribution in [0.15, 0.2) is 65.1 Å². The molecular weight excluding hydrogens is 807 g/mol. The third kappa shape index (κ3) is 16.9. The minimum atomic E-state index is -0.593. The van der Waals surface area contributed by atoms with Gasteiger partial charge in [0.1, 0.15) is 29.1 Å². The summed E-state index contributed by atoms with van der Waals surface area (Å²) in [5.41, 5.74) is 1.84. The molecule has 0 radical (unpaired) electrons. The van der Waals surface area contributed by atoms with Gasteiger partial charge in [0, 0.05) is 41.1 Å². The predicted molar refractivity (Wildman–Crippen MR) is 193 cm³/mol. The standard InChI is InChI=1S/C16H18F2.C10H16O.C6H3BrF2.C6H3F2.CH4.BrH.2Mg.2H/c17-15-8-14(9-16(18)10-15)13-6-4-12(5-7-13)11-2-1-3-11;11-10-6-4-9(5-7-10)8-2-1-3-8;7-4-1-5(8)3-6(9)2-4;7-5-2-1-3-6(8)4-5;;;;;;/h6,8-12H,1-5,7H2;8-9H,1-7H2;1-3H;2-4H;1H4;1H;;;;/q;;;-1;;;2*+2;2*-1/p-1. The van der Waals surface area contributed by atoms with E-state index in [4.69, 9.17) is 0 Å². The number of rotatable bonds is 3. The average molecular weight is 853 g/mol. The normalized spacial score (nSPS) is 18.3. The summed E-state index contributed by atoms with van der Waals surface area (Å²) in [7, 11) is 0. The quantitative estimate of drug-likeness (QED) is 0.146. The number of ketones is 1. The van der Waals surface area contributed by atoms with E-state index in [0.29, 0.717) is 10.3 Å². The summed E-state index contributed by atoms with van der Waals surface area (Å²) in [5.74, 6) is 0.857. The van der Waals surface area contributed by atoms with Gasteiger partial charge in [-0.2, -0.15) is 6.07 Å². The monoisotopic (exact) mass is 850 g/mol. The molecule has 11 heteroatoms. The fourth-order valence-corrected chi connectivity index (χ4v) is 6.91. The molecule has 0 heterocycles. The number of halogens is 8. The molecule has 0 saturated heterocycles. The fourth-order valence-electron chi connectivity index (χ4n) is 6.48. The first-order valence-electron chi connectivity index (χ1n) is 16.2. The first kappa shape index (κ1) is 49.1. The summed E-state index contributed by atoms with van der Waals surface area (Å²) in [6.45, 7) is 0. The van der Waals surface area contributed by atoms with Crippen molar-refractivity contribution in [3.63, 3.8) is 0 Å². The van der Waals surface area contributed by atoms with Crippen LogP contribution in [0, 0.1) is 64.6 Å². The van der Waals surface area contributed by atoms with Gasteiger partial charge in [-0.1, -0.05) is 68.0 Å². The van der Waals surface area contributed by atoms with Crippen LogP contribution in [0.1, 0.15) is 99.3 Å². The van der Waals surface area contributed by atoms with Gasteiger partial charge in [-0.05, 0) is 91.2 Å². The molecule has 3 saturated carbocycles. The molecule has 4 aliphatic rings. The Hall–Kier alpha value is -0.858. The molecule has 7 rings (SSSR count). The van der Waals surface area contributed by atoms with Crippen molar-refractivity contribution >= 4 is 73.4 Å². The third-order valence-electron chi connectivity index (χ3n) is 9.45. The molecule has 3 aromatic carbocycles. The minimum Gasteiger partial charge on any atom is -1.00 e. The van der Waals surface area contributed by atoms with Crippen LogP contribution in [0.3, 0.4) is 0 Å². The Morgan fingerprint density at radius 1 is 0.580 bits per heavy atom. The predicted octanol–water partition coefficient (Wildman–Crippen LogP) is 9.09. The van der Waals surface area contributed by atoms with Crippen LogP contribution in [0.4, 0.5) is 26.3 Å². The van der Waals surface area contributed by atoms with Crippen LogP contribution >= 0.6 is 15.9 Å². The number of benzene rings is 3. The Labute approximate surface area is 348 Å². The molecule has 1 nitrogen and oxygen atoms in total. The van der Waals surface area contributed by atoms with Gasteiger partial charge in [0.25, 0.3) is 0 Å². The molecule has 1 unspecified atom stereocenters. The first-order chi connectivity index (χ1) is 22.0. The van der Waals surface area contributed by atoms with Crippen LogP contribution in [0.25, 0.3) is 5.57 Å². The summed E-state index contributed by atoms with van der Waals surface area (Å²) < 4.78 is 74.9. The van der Waals surface area contributed by atoms with E-state index in [0.717, 1.165) is 90.8 Å². The molecule has 3 aromatic rings. The molecule has 4 aliphatic carbocycles. The second-order valence-corrected chi connectivity index (χ2v) is 13.6. The number of carbonyl (C=O) groups is 1. The van der Waals surface area contributed by atoms with Crippen molar-refractivity contribution in [1.29, 1.82) is 0 Å². The summed E-state index contributed by atoms with van der Waals surface area (Å²) in [6.07, 6.45) is 18.0. The van der Waals surface area contributed by atoms with E-state index in [1.54, 1.807) is 0 Å². The van der Waals surface area contributed by atoms with Gasteiger partial charge in [0.2, 0.25) is 0 Å². The SMILES string of the molecule is C.Fc1c[c-]cc(F)c1.Fc1cc(F)cc(Br)c1.Fc1cc(F)cc(C2=CCC(C3CCC3)CC2)c1.O=C1CCC(C2CCC2)CC1.[Br-].[H-].[H-].[Mg+2].[Mg+2]. The average Bonchev–Trinajstić information content (AvgIpc) is 2.93. The Bertz CT molecular complexity index is 1400. The molecule has 0 bridgehead atoms. The second kappa shape index (κ2) is 25.2. The van der Waals surface area contributed by atoms with Crippen molar-refractivity contribution in [2.75, 3.05) is 0 Å². The largest absolute Gasteiger partial charge is 2.00 e.